The molecule has 0 unspecified atom stereocenters. The molecule has 0 radical (unpaired) electrons. The van der Waals surface area contributed by atoms with Gasteiger partial charge in [-0.25, -0.2) is 0 Å². The van der Waals surface area contributed by atoms with Crippen LogP contribution in [0.25, 0.3) is 0 Å². The molecule has 1 fully saturated rings. The van der Waals surface area contributed by atoms with Crippen molar-refractivity contribution in [2.75, 3.05) is 0 Å². The summed E-state index contributed by atoms with van der Waals surface area (Å²) in [6.45, 7) is 4.28. The van der Waals surface area contributed by atoms with Gasteiger partial charge in [-0.3, -0.25) is 0 Å². The Labute approximate surface area is 120 Å². The molecule has 1 saturated carbocycles. The Balaban J connectivity index is 2.00. The van der Waals surface area contributed by atoms with Crippen molar-refractivity contribution < 1.29 is 14.3 Å². The zero-order chi connectivity index (χ0) is 14.2. The third-order valence-corrected chi connectivity index (χ3v) is 4.33. The highest BCUT2D eigenvalue weighted by Gasteiger charge is 2.43. The fraction of sp³-hybridized carbons (Fsp3) is 0.588. The number of carbonyl (C=O) groups excluding carboxylic acids is 1. The number of hydrogen-bond acceptors (Lipinski definition) is 3. The average molecular weight is 274 g/mol. The van der Waals surface area contributed by atoms with Crippen molar-refractivity contribution in [1.82, 2.24) is 0 Å². The minimum Gasteiger partial charge on any atom is -0.448 e. The highest BCUT2D eigenvalue weighted by atomic mass is 16.7. The van der Waals surface area contributed by atoms with Crippen molar-refractivity contribution >= 4 is 6.29 Å². The summed E-state index contributed by atoms with van der Waals surface area (Å²) in [5.74, 6) is 1.61. The van der Waals surface area contributed by atoms with E-state index in [0.29, 0.717) is 12.3 Å². The molecule has 20 heavy (non-hydrogen) atoms. The van der Waals surface area contributed by atoms with Crippen LogP contribution in [0.3, 0.4) is 0 Å². The molecule has 1 aromatic carbocycles. The number of fused-ring (bicyclic) bond motifs is 1. The molecule has 0 saturated heterocycles. The second kappa shape index (κ2) is 5.12. The molecule has 3 heteroatoms. The first-order valence-electron chi connectivity index (χ1n) is 7.63. The van der Waals surface area contributed by atoms with E-state index in [1.54, 1.807) is 0 Å². The number of aldehydes is 1. The minimum atomic E-state index is -0.440. The van der Waals surface area contributed by atoms with Crippen LogP contribution in [-0.2, 0) is 11.2 Å². The third kappa shape index (κ3) is 2.19. The van der Waals surface area contributed by atoms with E-state index in [4.69, 9.17) is 9.47 Å². The third-order valence-electron chi connectivity index (χ3n) is 4.33. The molecule has 0 atom stereocenters. The van der Waals surface area contributed by atoms with Gasteiger partial charge in [0.05, 0.1) is 0 Å². The lowest BCUT2D eigenvalue weighted by Crippen LogP contribution is -2.40. The molecule has 1 heterocycles. The van der Waals surface area contributed by atoms with Crippen LogP contribution in [0.1, 0.15) is 63.0 Å². The van der Waals surface area contributed by atoms with E-state index in [1.807, 2.05) is 12.1 Å². The van der Waals surface area contributed by atoms with Crippen molar-refractivity contribution in [3.05, 3.63) is 23.3 Å². The number of benzene rings is 1. The Morgan fingerprint density at radius 2 is 1.95 bits per heavy atom. The molecule has 108 valence electrons. The van der Waals surface area contributed by atoms with Crippen molar-refractivity contribution in [1.29, 1.82) is 0 Å². The molecule has 3 rings (SSSR count). The minimum absolute atomic E-state index is 0.322. The average Bonchev–Trinajstić information content (AvgIpc) is 2.76. The summed E-state index contributed by atoms with van der Waals surface area (Å²) in [5, 5.41) is 0. The van der Waals surface area contributed by atoms with E-state index in [1.165, 1.54) is 6.42 Å². The number of rotatable bonds is 3. The van der Waals surface area contributed by atoms with Crippen molar-refractivity contribution in [2.24, 2.45) is 0 Å². The largest absolute Gasteiger partial charge is 0.448 e. The molecule has 2 aliphatic rings. The van der Waals surface area contributed by atoms with Gasteiger partial charge in [-0.1, -0.05) is 26.3 Å². The predicted molar refractivity (Wildman–Crippen MR) is 77.4 cm³/mol. The maximum Gasteiger partial charge on any atom is 0.251 e. The summed E-state index contributed by atoms with van der Waals surface area (Å²) in [5.41, 5.74) is 2.20. The molecule has 1 aliphatic carbocycles. The number of ether oxygens (including phenoxy) is 2. The molecule has 1 aliphatic heterocycles. The monoisotopic (exact) mass is 274 g/mol. The van der Waals surface area contributed by atoms with Crippen LogP contribution in [-0.4, -0.2) is 12.1 Å². The van der Waals surface area contributed by atoms with Crippen LogP contribution in [0, 0.1) is 0 Å². The summed E-state index contributed by atoms with van der Waals surface area (Å²) in [4.78, 5) is 10.9. The van der Waals surface area contributed by atoms with Crippen molar-refractivity contribution in [3.8, 4) is 11.5 Å². The number of hydrogen-bond donors (Lipinski definition) is 0. The Hall–Kier alpha value is -1.51. The first-order chi connectivity index (χ1) is 9.65. The van der Waals surface area contributed by atoms with Crippen LogP contribution < -0.4 is 9.47 Å². The summed E-state index contributed by atoms with van der Waals surface area (Å²) >= 11 is 0. The molecule has 0 bridgehead atoms. The van der Waals surface area contributed by atoms with E-state index < -0.39 is 5.79 Å². The van der Waals surface area contributed by atoms with Crippen molar-refractivity contribution in [2.45, 2.75) is 64.1 Å². The molecule has 3 nitrogen and oxygen atoms in total. The van der Waals surface area contributed by atoms with Gasteiger partial charge in [-0.15, -0.1) is 0 Å². The van der Waals surface area contributed by atoms with Gasteiger partial charge in [0.25, 0.3) is 5.79 Å². The summed E-state index contributed by atoms with van der Waals surface area (Å²) < 4.78 is 12.4. The normalized spacial score (nSPS) is 19.6. The quantitative estimate of drug-likeness (QED) is 0.782. The summed E-state index contributed by atoms with van der Waals surface area (Å²) in [7, 11) is 0. The lowest BCUT2D eigenvalue weighted by Gasteiger charge is -2.31. The molecule has 0 N–H and O–H groups in total. The van der Waals surface area contributed by atoms with Crippen LogP contribution in [0.4, 0.5) is 0 Å². The fourth-order valence-corrected chi connectivity index (χ4v) is 3.41. The van der Waals surface area contributed by atoms with Gasteiger partial charge in [0.15, 0.2) is 11.5 Å². The van der Waals surface area contributed by atoms with Crippen LogP contribution in [0.5, 0.6) is 11.5 Å². The predicted octanol–water partition coefficient (Wildman–Crippen LogP) is 3.98. The first-order valence-corrected chi connectivity index (χ1v) is 7.63. The zero-order valence-corrected chi connectivity index (χ0v) is 12.3. The van der Waals surface area contributed by atoms with Gasteiger partial charge >= 0.3 is 0 Å². The standard InChI is InChI=1S/C17H22O3/c1-12(2)15-13(8-11-18)6-7-14-16(15)20-17(19-14)9-4-3-5-10-17/h6-7,11-12H,3-5,8-10H2,1-2H3. The van der Waals surface area contributed by atoms with Crippen LogP contribution in [0.15, 0.2) is 12.1 Å². The maximum atomic E-state index is 10.9. The van der Waals surface area contributed by atoms with Crippen LogP contribution >= 0.6 is 0 Å². The molecular weight excluding hydrogens is 252 g/mol. The van der Waals surface area contributed by atoms with Gasteiger partial charge in [-0.05, 0) is 30.4 Å². The lowest BCUT2D eigenvalue weighted by atomic mass is 9.93. The zero-order valence-electron chi connectivity index (χ0n) is 12.3. The highest BCUT2D eigenvalue weighted by molar-refractivity contribution is 5.62. The summed E-state index contributed by atoms with van der Waals surface area (Å²) in [6.07, 6.45) is 6.90. The van der Waals surface area contributed by atoms with E-state index in [-0.39, 0.29) is 0 Å². The summed E-state index contributed by atoms with van der Waals surface area (Å²) in [6, 6.07) is 3.97. The Kier molecular flexibility index (Phi) is 3.45. The van der Waals surface area contributed by atoms with Crippen LogP contribution in [0.2, 0.25) is 0 Å². The number of carbonyl (C=O) groups is 1. The Bertz CT molecular complexity index is 513. The second-order valence-electron chi connectivity index (χ2n) is 6.17. The van der Waals surface area contributed by atoms with Gasteiger partial charge < -0.3 is 14.3 Å². The van der Waals surface area contributed by atoms with Crippen molar-refractivity contribution in [3.63, 3.8) is 0 Å². The molecule has 0 aromatic heterocycles. The molecule has 0 amide bonds. The van der Waals surface area contributed by atoms with Gasteiger partial charge in [-0.2, -0.15) is 0 Å². The molecule has 1 spiro atoms. The van der Waals surface area contributed by atoms with Gasteiger partial charge in [0.2, 0.25) is 0 Å². The molecular formula is C17H22O3. The first kappa shape index (κ1) is 13.5. The lowest BCUT2D eigenvalue weighted by molar-refractivity contribution is -0.107. The Morgan fingerprint density at radius 3 is 2.60 bits per heavy atom. The van der Waals surface area contributed by atoms with E-state index in [2.05, 4.69) is 13.8 Å². The smallest absolute Gasteiger partial charge is 0.251 e. The second-order valence-corrected chi connectivity index (χ2v) is 6.17. The maximum absolute atomic E-state index is 10.9. The fourth-order valence-electron chi connectivity index (χ4n) is 3.41. The Morgan fingerprint density at radius 1 is 1.20 bits per heavy atom. The van der Waals surface area contributed by atoms with E-state index in [0.717, 1.165) is 54.6 Å². The van der Waals surface area contributed by atoms with E-state index >= 15 is 0 Å². The van der Waals surface area contributed by atoms with E-state index in [9.17, 15) is 4.79 Å². The highest BCUT2D eigenvalue weighted by Crippen LogP contribution is 2.49. The van der Waals surface area contributed by atoms with Gasteiger partial charge in [0.1, 0.15) is 6.29 Å². The molecule has 1 aromatic rings. The SMILES string of the molecule is CC(C)c1c(CC=O)ccc2c1OC1(CCCCC1)O2. The topological polar surface area (TPSA) is 35.5 Å². The van der Waals surface area contributed by atoms with Gasteiger partial charge in [0, 0.05) is 24.8 Å².